The van der Waals surface area contributed by atoms with Crippen molar-refractivity contribution in [3.63, 3.8) is 0 Å². The summed E-state index contributed by atoms with van der Waals surface area (Å²) in [6.45, 7) is 0.499. The van der Waals surface area contributed by atoms with E-state index >= 15 is 0 Å². The molecule has 0 radical (unpaired) electrons. The zero-order valence-electron chi connectivity index (χ0n) is 21.1. The van der Waals surface area contributed by atoms with E-state index < -0.39 is 58.0 Å². The van der Waals surface area contributed by atoms with Crippen molar-refractivity contribution in [1.82, 2.24) is 5.32 Å². The first-order valence-electron chi connectivity index (χ1n) is 12.3. The number of aliphatic hydroxyl groups is 3. The summed E-state index contributed by atoms with van der Waals surface area (Å²) < 4.78 is 0. The quantitative estimate of drug-likeness (QED) is 0.183. The number of carboxylic acids is 1. The van der Waals surface area contributed by atoms with Crippen molar-refractivity contribution in [1.29, 1.82) is 0 Å². The number of aliphatic carboxylic acids is 1. The van der Waals surface area contributed by atoms with Gasteiger partial charge in [0.1, 0.15) is 22.8 Å². The van der Waals surface area contributed by atoms with Gasteiger partial charge in [0.05, 0.1) is 5.56 Å². The fourth-order valence-corrected chi connectivity index (χ4v) is 5.84. The Morgan fingerprint density at radius 2 is 1.87 bits per heavy atom. The molecule has 0 aromatic heterocycles. The largest absolute Gasteiger partial charge is 0.511 e. The van der Waals surface area contributed by atoms with Crippen molar-refractivity contribution in [2.24, 2.45) is 17.6 Å². The number of carbonyl (C=O) groups is 4. The Morgan fingerprint density at radius 3 is 2.47 bits per heavy atom. The number of primary amides is 1. The molecule has 0 heterocycles. The number of phenols is 1. The van der Waals surface area contributed by atoms with Crippen LogP contribution in [0.15, 0.2) is 28.7 Å². The maximum absolute atomic E-state index is 13.8. The number of allylic oxidation sites excluding steroid dienone is 2. The van der Waals surface area contributed by atoms with Crippen molar-refractivity contribution in [3.05, 3.63) is 45.4 Å². The summed E-state index contributed by atoms with van der Waals surface area (Å²) in [6, 6.07) is 1.73. The average molecular weight is 530 g/mol. The summed E-state index contributed by atoms with van der Waals surface area (Å²) in [4.78, 5) is 51.2. The maximum atomic E-state index is 13.8. The van der Waals surface area contributed by atoms with Crippen LogP contribution in [-0.2, 0) is 27.3 Å². The molecule has 4 rings (SSSR count). The number of aromatic hydroxyl groups is 1. The van der Waals surface area contributed by atoms with Gasteiger partial charge in [0.15, 0.2) is 11.4 Å². The van der Waals surface area contributed by atoms with Gasteiger partial charge in [0, 0.05) is 56.2 Å². The number of aliphatic hydroxyl groups excluding tert-OH is 2. The Labute approximate surface area is 218 Å². The number of ketones is 2. The molecule has 0 unspecified atom stereocenters. The number of hydrogen-bond acceptors (Lipinski definition) is 10. The molecule has 1 aromatic rings. The zero-order chi connectivity index (χ0) is 28.1. The van der Waals surface area contributed by atoms with Crippen LogP contribution in [0.1, 0.15) is 47.2 Å². The van der Waals surface area contributed by atoms with Crippen LogP contribution in [0.4, 0.5) is 5.69 Å². The fourth-order valence-electron chi connectivity index (χ4n) is 5.84. The molecular formula is C26H31N3O9. The number of nitrogens with one attached hydrogen (secondary N) is 1. The maximum Gasteiger partial charge on any atom is 0.303 e. The molecule has 0 spiro atoms. The topological polar surface area (TPSA) is 211 Å². The number of carboxylic acid groups (broad SMARTS) is 1. The number of amides is 1. The monoisotopic (exact) mass is 529 g/mol. The van der Waals surface area contributed by atoms with Gasteiger partial charge in [-0.15, -0.1) is 0 Å². The molecule has 0 fully saturated rings. The SMILES string of the molecule is CN(C)c1cc(CNCCCC(=O)O)c(O)c2c1C[C@H]1C[C@H]3CC(O)=C(C(N)=O)C(=O)[C@@]3(O)C(O)=C1C2=O. The van der Waals surface area contributed by atoms with Crippen molar-refractivity contribution >= 4 is 29.1 Å². The first-order valence-corrected chi connectivity index (χ1v) is 12.3. The smallest absolute Gasteiger partial charge is 0.303 e. The Bertz CT molecular complexity index is 1310. The number of anilines is 1. The zero-order valence-corrected chi connectivity index (χ0v) is 21.1. The van der Waals surface area contributed by atoms with E-state index in [0.717, 1.165) is 0 Å². The molecule has 12 heteroatoms. The fraction of sp³-hybridized carbons (Fsp3) is 0.462. The molecule has 12 nitrogen and oxygen atoms in total. The van der Waals surface area contributed by atoms with Crippen LogP contribution in [0.5, 0.6) is 5.75 Å². The van der Waals surface area contributed by atoms with E-state index in [-0.39, 0.29) is 49.1 Å². The lowest BCUT2D eigenvalue weighted by molar-refractivity contribution is -0.144. The molecule has 0 saturated heterocycles. The predicted molar refractivity (Wildman–Crippen MR) is 134 cm³/mol. The normalized spacial score (nSPS) is 24.6. The lowest BCUT2D eigenvalue weighted by Crippen LogP contribution is -2.57. The molecule has 1 amide bonds. The van der Waals surface area contributed by atoms with E-state index in [1.807, 2.05) is 0 Å². The van der Waals surface area contributed by atoms with Gasteiger partial charge in [-0.3, -0.25) is 19.2 Å². The second-order valence-corrected chi connectivity index (χ2v) is 10.2. The van der Waals surface area contributed by atoms with Gasteiger partial charge in [0.25, 0.3) is 5.91 Å². The van der Waals surface area contributed by atoms with E-state index in [4.69, 9.17) is 10.8 Å². The summed E-state index contributed by atoms with van der Waals surface area (Å²) in [5, 5.41) is 55.8. The number of phenolic OH excluding ortho intramolecular Hbond substituents is 1. The standard InChI is InChI=1S/C26H31N3O9/c1-29(2)15-8-12(10-28-5-3-4-17(31)32)21(33)19-14(15)7-11-6-13-9-16(30)20(25(27)37)24(36)26(13,38)23(35)18(11)22(19)34/h8,11,13,28,30,33,35,38H,3-7,9-10H2,1-2H3,(H2,27,37)(H,31,32)/t11-,13+,26+/m1/s1. The highest BCUT2D eigenvalue weighted by Gasteiger charge is 2.59. The molecule has 1 aromatic carbocycles. The number of Topliss-reactive ketones (excluding diaryl/α,β-unsaturated/α-hetero) is 2. The Hall–Kier alpha value is -3.90. The summed E-state index contributed by atoms with van der Waals surface area (Å²) in [5.41, 5.74) is 3.09. The molecule has 3 aliphatic rings. The summed E-state index contributed by atoms with van der Waals surface area (Å²) in [5.74, 6) is -7.59. The van der Waals surface area contributed by atoms with Crippen LogP contribution in [0, 0.1) is 11.8 Å². The second kappa shape index (κ2) is 9.76. The van der Waals surface area contributed by atoms with Gasteiger partial charge in [0.2, 0.25) is 5.78 Å². The highest BCUT2D eigenvalue weighted by Crippen LogP contribution is 2.52. The third-order valence-corrected chi connectivity index (χ3v) is 7.66. The average Bonchev–Trinajstić information content (AvgIpc) is 2.81. The summed E-state index contributed by atoms with van der Waals surface area (Å²) >= 11 is 0. The lowest BCUT2D eigenvalue weighted by Gasteiger charge is -2.46. The number of fused-ring (bicyclic) bond motifs is 3. The van der Waals surface area contributed by atoms with Crippen LogP contribution >= 0.6 is 0 Å². The number of hydrogen-bond donors (Lipinski definition) is 7. The van der Waals surface area contributed by atoms with Crippen LogP contribution in [0.3, 0.4) is 0 Å². The Morgan fingerprint density at radius 1 is 1.18 bits per heavy atom. The van der Waals surface area contributed by atoms with Crippen molar-refractivity contribution in [2.45, 2.75) is 44.2 Å². The van der Waals surface area contributed by atoms with Crippen LogP contribution in [-0.4, -0.2) is 75.2 Å². The molecule has 0 saturated carbocycles. The second-order valence-electron chi connectivity index (χ2n) is 10.2. The minimum atomic E-state index is -2.61. The summed E-state index contributed by atoms with van der Waals surface area (Å²) in [6.07, 6.45) is 0.333. The minimum Gasteiger partial charge on any atom is -0.511 e. The van der Waals surface area contributed by atoms with Gasteiger partial charge < -0.3 is 41.5 Å². The molecule has 8 N–H and O–H groups in total. The van der Waals surface area contributed by atoms with Gasteiger partial charge in [-0.25, -0.2) is 0 Å². The number of benzene rings is 1. The number of nitrogens with two attached hydrogens (primary N) is 1. The van der Waals surface area contributed by atoms with Gasteiger partial charge in [-0.2, -0.15) is 0 Å². The molecule has 38 heavy (non-hydrogen) atoms. The van der Waals surface area contributed by atoms with E-state index in [9.17, 15) is 39.6 Å². The van der Waals surface area contributed by atoms with Crippen molar-refractivity contribution < 1.29 is 44.7 Å². The molecule has 3 aliphatic carbocycles. The molecule has 0 bridgehead atoms. The van der Waals surface area contributed by atoms with Crippen LogP contribution in [0.25, 0.3) is 0 Å². The highest BCUT2D eigenvalue weighted by molar-refractivity contribution is 6.24. The van der Waals surface area contributed by atoms with Crippen LogP contribution in [0.2, 0.25) is 0 Å². The Balaban J connectivity index is 1.77. The Kier molecular flexibility index (Phi) is 6.97. The van der Waals surface area contributed by atoms with E-state index in [1.54, 1.807) is 25.1 Å². The number of carbonyl (C=O) groups excluding carboxylic acids is 3. The van der Waals surface area contributed by atoms with Crippen molar-refractivity contribution in [3.8, 4) is 5.75 Å². The van der Waals surface area contributed by atoms with E-state index in [1.165, 1.54) is 0 Å². The van der Waals surface area contributed by atoms with Gasteiger partial charge >= 0.3 is 5.97 Å². The van der Waals surface area contributed by atoms with E-state index in [2.05, 4.69) is 5.32 Å². The molecule has 0 aliphatic heterocycles. The minimum absolute atomic E-state index is 0.0214. The predicted octanol–water partition coefficient (Wildman–Crippen LogP) is 0.601. The van der Waals surface area contributed by atoms with Crippen molar-refractivity contribution in [2.75, 3.05) is 25.5 Å². The number of rotatable bonds is 8. The molecule has 3 atom stereocenters. The lowest BCUT2D eigenvalue weighted by atomic mass is 9.60. The summed E-state index contributed by atoms with van der Waals surface area (Å²) in [7, 11) is 3.55. The van der Waals surface area contributed by atoms with E-state index in [0.29, 0.717) is 29.8 Å². The molecule has 204 valence electrons. The number of nitrogens with zero attached hydrogens (tertiary/aromatic N) is 1. The van der Waals surface area contributed by atoms with Crippen LogP contribution < -0.4 is 16.0 Å². The molecular weight excluding hydrogens is 498 g/mol. The van der Waals surface area contributed by atoms with Gasteiger partial charge in [-0.05, 0) is 43.4 Å². The van der Waals surface area contributed by atoms with Gasteiger partial charge in [-0.1, -0.05) is 0 Å². The third kappa shape index (κ3) is 4.19. The third-order valence-electron chi connectivity index (χ3n) is 7.66. The highest BCUT2D eigenvalue weighted by atomic mass is 16.4. The first-order chi connectivity index (χ1) is 17.8. The first kappa shape index (κ1) is 27.1.